The van der Waals surface area contributed by atoms with Gasteiger partial charge in [0, 0.05) is 37.1 Å². The highest BCUT2D eigenvalue weighted by Crippen LogP contribution is 2.22. The van der Waals surface area contributed by atoms with E-state index in [9.17, 15) is 4.79 Å². The zero-order valence-electron chi connectivity index (χ0n) is 14.2. The summed E-state index contributed by atoms with van der Waals surface area (Å²) in [4.78, 5) is 21.7. The van der Waals surface area contributed by atoms with Gasteiger partial charge in [0.2, 0.25) is 5.91 Å². The van der Waals surface area contributed by atoms with Crippen LogP contribution in [0.2, 0.25) is 0 Å². The molecule has 0 bridgehead atoms. The highest BCUT2D eigenvalue weighted by Gasteiger charge is 2.22. The first-order valence-electron chi connectivity index (χ1n) is 8.49. The molecule has 1 aliphatic rings. The molecule has 0 aliphatic carbocycles. The van der Waals surface area contributed by atoms with Crippen LogP contribution in [0.3, 0.4) is 0 Å². The third-order valence-corrected chi connectivity index (χ3v) is 5.34. The largest absolute Gasteiger partial charge is 0.423 e. The van der Waals surface area contributed by atoms with E-state index in [1.807, 2.05) is 40.6 Å². The van der Waals surface area contributed by atoms with Crippen molar-refractivity contribution in [3.63, 3.8) is 0 Å². The van der Waals surface area contributed by atoms with Crippen molar-refractivity contribution in [1.82, 2.24) is 9.88 Å². The Labute approximate surface area is 155 Å². The van der Waals surface area contributed by atoms with Crippen molar-refractivity contribution in [2.75, 3.05) is 31.1 Å². The Morgan fingerprint density at radius 2 is 2.08 bits per heavy atom. The van der Waals surface area contributed by atoms with E-state index in [4.69, 9.17) is 9.52 Å². The minimum absolute atomic E-state index is 0.00108. The van der Waals surface area contributed by atoms with Crippen LogP contribution in [0, 0.1) is 0 Å². The number of amides is 1. The molecule has 1 aromatic carbocycles. The predicted molar refractivity (Wildman–Crippen MR) is 102 cm³/mol. The Kier molecular flexibility index (Phi) is 4.73. The van der Waals surface area contributed by atoms with Gasteiger partial charge in [-0.1, -0.05) is 12.1 Å². The molecule has 4 rings (SSSR count). The summed E-state index contributed by atoms with van der Waals surface area (Å²) >= 11 is 1.52. The van der Waals surface area contributed by atoms with Gasteiger partial charge in [0.1, 0.15) is 5.52 Å². The maximum atomic E-state index is 12.4. The van der Waals surface area contributed by atoms with Crippen molar-refractivity contribution in [1.29, 1.82) is 0 Å². The predicted octanol–water partition coefficient (Wildman–Crippen LogP) is 2.74. The van der Waals surface area contributed by atoms with Crippen molar-refractivity contribution < 1.29 is 14.3 Å². The number of oxazole rings is 1. The number of aliphatic hydroxyl groups excluding tert-OH is 1. The Hall–Kier alpha value is -2.64. The van der Waals surface area contributed by atoms with Crippen molar-refractivity contribution in [2.45, 2.75) is 6.61 Å². The van der Waals surface area contributed by atoms with E-state index in [1.54, 1.807) is 12.2 Å². The number of nitrogens with zero attached hydrogens (tertiary/aromatic N) is 3. The van der Waals surface area contributed by atoms with Crippen LogP contribution in [-0.4, -0.2) is 47.1 Å². The molecule has 1 N–H and O–H groups in total. The lowest BCUT2D eigenvalue weighted by Gasteiger charge is -2.33. The second-order valence-electron chi connectivity index (χ2n) is 6.13. The normalized spacial score (nSPS) is 15.3. The zero-order chi connectivity index (χ0) is 17.9. The molecule has 1 fully saturated rings. The number of carbonyl (C=O) groups is 1. The highest BCUT2D eigenvalue weighted by atomic mass is 32.1. The van der Waals surface area contributed by atoms with E-state index in [-0.39, 0.29) is 12.5 Å². The van der Waals surface area contributed by atoms with E-state index in [1.165, 1.54) is 11.3 Å². The van der Waals surface area contributed by atoms with Crippen LogP contribution in [0.5, 0.6) is 0 Å². The Morgan fingerprint density at radius 3 is 2.81 bits per heavy atom. The Balaban J connectivity index is 1.36. The molecule has 0 unspecified atom stereocenters. The van der Waals surface area contributed by atoms with Gasteiger partial charge in [-0.3, -0.25) is 4.79 Å². The van der Waals surface area contributed by atoms with E-state index >= 15 is 0 Å². The third kappa shape index (κ3) is 3.49. The van der Waals surface area contributed by atoms with Gasteiger partial charge >= 0.3 is 0 Å². The molecule has 7 heteroatoms. The van der Waals surface area contributed by atoms with Crippen molar-refractivity contribution >= 4 is 40.4 Å². The number of aromatic nitrogens is 1. The lowest BCUT2D eigenvalue weighted by atomic mass is 10.3. The highest BCUT2D eigenvalue weighted by molar-refractivity contribution is 7.11. The first kappa shape index (κ1) is 16.8. The van der Waals surface area contributed by atoms with Crippen LogP contribution in [-0.2, 0) is 11.4 Å². The number of anilines is 1. The molecule has 0 radical (unpaired) electrons. The molecule has 6 nitrogen and oxygen atoms in total. The molecule has 0 atom stereocenters. The number of carbonyl (C=O) groups excluding carboxylic acids is 1. The van der Waals surface area contributed by atoms with Gasteiger partial charge in [0.15, 0.2) is 5.58 Å². The number of thiophene rings is 1. The van der Waals surface area contributed by atoms with Crippen LogP contribution < -0.4 is 4.90 Å². The maximum absolute atomic E-state index is 12.4. The quantitative estimate of drug-likeness (QED) is 0.716. The molecule has 3 heterocycles. The summed E-state index contributed by atoms with van der Waals surface area (Å²) in [5.41, 5.74) is 2.50. The van der Waals surface area contributed by atoms with E-state index in [0.717, 1.165) is 21.5 Å². The standard InChI is InChI=1S/C19H19N3O3S/c23-12-14-11-15(26-13-14)5-6-18(24)21-7-9-22(10-8-21)19-20-16-3-1-2-4-17(16)25-19/h1-6,11,13,23H,7-10,12H2/b6-5+. The molecule has 1 aliphatic heterocycles. The topological polar surface area (TPSA) is 69.8 Å². The average Bonchev–Trinajstić information content (AvgIpc) is 3.32. The third-order valence-electron chi connectivity index (χ3n) is 4.39. The second-order valence-corrected chi connectivity index (χ2v) is 7.07. The molecule has 2 aromatic heterocycles. The van der Waals surface area contributed by atoms with E-state index in [2.05, 4.69) is 9.88 Å². The monoisotopic (exact) mass is 369 g/mol. The van der Waals surface area contributed by atoms with Crippen molar-refractivity contribution in [2.24, 2.45) is 0 Å². The first-order valence-corrected chi connectivity index (χ1v) is 9.37. The smallest absolute Gasteiger partial charge is 0.298 e. The summed E-state index contributed by atoms with van der Waals surface area (Å²) in [6.45, 7) is 2.68. The molecular formula is C19H19N3O3S. The van der Waals surface area contributed by atoms with Gasteiger partial charge in [-0.25, -0.2) is 0 Å². The van der Waals surface area contributed by atoms with Crippen LogP contribution in [0.25, 0.3) is 17.2 Å². The van der Waals surface area contributed by atoms with Gasteiger partial charge < -0.3 is 19.3 Å². The van der Waals surface area contributed by atoms with Crippen molar-refractivity contribution in [3.8, 4) is 0 Å². The first-order chi connectivity index (χ1) is 12.7. The average molecular weight is 369 g/mol. The molecule has 0 spiro atoms. The summed E-state index contributed by atoms with van der Waals surface area (Å²) in [6.07, 6.45) is 3.40. The van der Waals surface area contributed by atoms with Gasteiger partial charge in [-0.2, -0.15) is 4.98 Å². The number of piperazine rings is 1. The SMILES string of the molecule is O=C(/C=C/c1cc(CO)cs1)N1CCN(c2nc3ccccc3o2)CC1. The molecule has 1 saturated heterocycles. The summed E-state index contributed by atoms with van der Waals surface area (Å²) < 4.78 is 5.80. The number of para-hydroxylation sites is 2. The van der Waals surface area contributed by atoms with Crippen molar-refractivity contribution in [3.05, 3.63) is 52.2 Å². The van der Waals surface area contributed by atoms with Crippen LogP contribution in [0.15, 0.2) is 46.2 Å². The number of aliphatic hydroxyl groups is 1. The summed E-state index contributed by atoms with van der Waals surface area (Å²) in [5.74, 6) is 0.00108. The van der Waals surface area contributed by atoms with Crippen LogP contribution >= 0.6 is 11.3 Å². The minimum atomic E-state index is 0.00108. The number of rotatable bonds is 4. The van der Waals surface area contributed by atoms with Gasteiger partial charge in [-0.15, -0.1) is 11.3 Å². The van der Waals surface area contributed by atoms with Crippen LogP contribution in [0.4, 0.5) is 6.01 Å². The zero-order valence-corrected chi connectivity index (χ0v) is 15.0. The molecule has 26 heavy (non-hydrogen) atoms. The lowest BCUT2D eigenvalue weighted by molar-refractivity contribution is -0.126. The fraction of sp³-hybridized carbons (Fsp3) is 0.263. The molecule has 134 valence electrons. The van der Waals surface area contributed by atoms with Crippen LogP contribution in [0.1, 0.15) is 10.4 Å². The second kappa shape index (κ2) is 7.31. The van der Waals surface area contributed by atoms with Gasteiger partial charge in [0.25, 0.3) is 6.01 Å². The summed E-state index contributed by atoms with van der Waals surface area (Å²) in [7, 11) is 0. The van der Waals surface area contributed by atoms with E-state index in [0.29, 0.717) is 32.2 Å². The minimum Gasteiger partial charge on any atom is -0.423 e. The number of hydrogen-bond donors (Lipinski definition) is 1. The lowest BCUT2D eigenvalue weighted by Crippen LogP contribution is -2.48. The summed E-state index contributed by atoms with van der Waals surface area (Å²) in [6, 6.07) is 10.2. The van der Waals surface area contributed by atoms with Gasteiger partial charge in [0.05, 0.1) is 6.61 Å². The van der Waals surface area contributed by atoms with Gasteiger partial charge in [-0.05, 0) is 35.2 Å². The number of benzene rings is 1. The molecular weight excluding hydrogens is 350 g/mol. The maximum Gasteiger partial charge on any atom is 0.298 e. The molecule has 1 amide bonds. The molecule has 0 saturated carbocycles. The number of hydrogen-bond acceptors (Lipinski definition) is 6. The number of fused-ring (bicyclic) bond motifs is 1. The fourth-order valence-corrected chi connectivity index (χ4v) is 3.73. The van der Waals surface area contributed by atoms with E-state index < -0.39 is 0 Å². The fourth-order valence-electron chi connectivity index (χ4n) is 2.94. The molecule has 3 aromatic rings. The summed E-state index contributed by atoms with van der Waals surface area (Å²) in [5, 5.41) is 11.0. The Morgan fingerprint density at radius 1 is 1.27 bits per heavy atom. The Bertz CT molecular complexity index is 905.